The van der Waals surface area contributed by atoms with Crippen LogP contribution in [0, 0.1) is 0 Å². The van der Waals surface area contributed by atoms with Crippen LogP contribution < -0.4 is 0 Å². The van der Waals surface area contributed by atoms with E-state index >= 15 is 0 Å². The molecule has 1 aliphatic heterocycles. The van der Waals surface area contributed by atoms with Gasteiger partial charge in [0.05, 0.1) is 6.54 Å². The molecular formula is C5H8N2O. The normalized spacial score (nSPS) is 35.6. The van der Waals surface area contributed by atoms with Crippen molar-refractivity contribution >= 4 is 6.29 Å². The first-order chi connectivity index (χ1) is 3.77. The molecule has 0 aromatic carbocycles. The second-order valence-electron chi connectivity index (χ2n) is 2.19. The molecule has 3 heteroatoms. The van der Waals surface area contributed by atoms with E-state index in [4.69, 9.17) is 0 Å². The second kappa shape index (κ2) is 1.65. The molecule has 0 saturated heterocycles. The molecule has 3 nitrogen and oxygen atoms in total. The second-order valence-corrected chi connectivity index (χ2v) is 2.19. The zero-order valence-corrected chi connectivity index (χ0v) is 4.79. The van der Waals surface area contributed by atoms with Gasteiger partial charge in [-0.05, 0) is 6.92 Å². The molecule has 0 fully saturated rings. The Morgan fingerprint density at radius 3 is 2.75 bits per heavy atom. The van der Waals surface area contributed by atoms with Crippen molar-refractivity contribution in [3.63, 3.8) is 0 Å². The molecule has 44 valence electrons. The molecule has 1 heterocycles. The van der Waals surface area contributed by atoms with Crippen molar-refractivity contribution in [3.05, 3.63) is 0 Å². The lowest BCUT2D eigenvalue weighted by Crippen LogP contribution is -2.19. The van der Waals surface area contributed by atoms with Gasteiger partial charge in [-0.2, -0.15) is 10.2 Å². The van der Waals surface area contributed by atoms with Gasteiger partial charge in [0, 0.05) is 6.42 Å². The third-order valence-electron chi connectivity index (χ3n) is 1.27. The van der Waals surface area contributed by atoms with Crippen molar-refractivity contribution in [2.45, 2.75) is 18.9 Å². The molecular weight excluding hydrogens is 104 g/mol. The Morgan fingerprint density at radius 1 is 1.75 bits per heavy atom. The number of carbonyl (C=O) groups is 1. The largest absolute Gasteiger partial charge is 0.301 e. The van der Waals surface area contributed by atoms with Gasteiger partial charge < -0.3 is 4.79 Å². The highest BCUT2D eigenvalue weighted by atomic mass is 16.1. The Kier molecular flexibility index (Phi) is 1.12. The zero-order valence-electron chi connectivity index (χ0n) is 4.79. The first-order valence-electron chi connectivity index (χ1n) is 2.62. The number of hydrogen-bond acceptors (Lipinski definition) is 3. The Labute approximate surface area is 47.8 Å². The van der Waals surface area contributed by atoms with Gasteiger partial charge in [0.1, 0.15) is 11.8 Å². The van der Waals surface area contributed by atoms with Crippen LogP contribution in [0.15, 0.2) is 10.2 Å². The van der Waals surface area contributed by atoms with E-state index in [9.17, 15) is 4.79 Å². The fraction of sp³-hybridized carbons (Fsp3) is 0.800. The van der Waals surface area contributed by atoms with Crippen molar-refractivity contribution in [1.29, 1.82) is 0 Å². The fourth-order valence-corrected chi connectivity index (χ4v) is 0.620. The number of azo groups is 1. The Balaban J connectivity index is 2.67. The number of hydrogen-bond donors (Lipinski definition) is 0. The monoisotopic (exact) mass is 112 g/mol. The maximum absolute atomic E-state index is 10.2. The van der Waals surface area contributed by atoms with Crippen LogP contribution >= 0.6 is 0 Å². The molecule has 0 radical (unpaired) electrons. The van der Waals surface area contributed by atoms with Gasteiger partial charge in [-0.1, -0.05) is 0 Å². The number of nitrogens with zero attached hydrogens (tertiary/aromatic N) is 2. The topological polar surface area (TPSA) is 41.8 Å². The van der Waals surface area contributed by atoms with E-state index < -0.39 is 5.54 Å². The van der Waals surface area contributed by atoms with Crippen LogP contribution in [0.2, 0.25) is 0 Å². The SMILES string of the molecule is CC1(C=O)CCN=N1. The molecule has 1 unspecified atom stereocenters. The first-order valence-corrected chi connectivity index (χ1v) is 2.62. The maximum atomic E-state index is 10.2. The Hall–Kier alpha value is -0.730. The average molecular weight is 112 g/mol. The van der Waals surface area contributed by atoms with E-state index in [2.05, 4.69) is 10.2 Å². The van der Waals surface area contributed by atoms with E-state index in [-0.39, 0.29) is 0 Å². The van der Waals surface area contributed by atoms with Crippen LogP contribution in [0.3, 0.4) is 0 Å². The number of carbonyl (C=O) groups excluding carboxylic acids is 1. The minimum absolute atomic E-state index is 0.486. The molecule has 0 N–H and O–H groups in total. The summed E-state index contributed by atoms with van der Waals surface area (Å²) in [5.74, 6) is 0. The molecule has 0 saturated carbocycles. The van der Waals surface area contributed by atoms with Gasteiger partial charge in [0.2, 0.25) is 0 Å². The predicted molar refractivity (Wildman–Crippen MR) is 28.8 cm³/mol. The third kappa shape index (κ3) is 0.757. The quantitative estimate of drug-likeness (QED) is 0.462. The van der Waals surface area contributed by atoms with Gasteiger partial charge in [0.25, 0.3) is 0 Å². The smallest absolute Gasteiger partial charge is 0.149 e. The highest BCUT2D eigenvalue weighted by Crippen LogP contribution is 2.18. The Morgan fingerprint density at radius 2 is 2.50 bits per heavy atom. The van der Waals surface area contributed by atoms with Crippen LogP contribution in [0.5, 0.6) is 0 Å². The standard InChI is InChI=1S/C5H8N2O/c1-5(4-8)2-3-6-7-5/h4H,2-3H2,1H3. The average Bonchev–Trinajstić information content (AvgIpc) is 2.17. The molecule has 1 rings (SSSR count). The van der Waals surface area contributed by atoms with Crippen molar-refractivity contribution in [3.8, 4) is 0 Å². The fourth-order valence-electron chi connectivity index (χ4n) is 0.620. The zero-order chi connectivity index (χ0) is 6.04. The van der Waals surface area contributed by atoms with Crippen LogP contribution in [-0.4, -0.2) is 18.4 Å². The minimum atomic E-state index is -0.486. The molecule has 0 amide bonds. The van der Waals surface area contributed by atoms with Crippen LogP contribution in [0.1, 0.15) is 13.3 Å². The third-order valence-corrected chi connectivity index (χ3v) is 1.27. The molecule has 8 heavy (non-hydrogen) atoms. The molecule has 0 bridgehead atoms. The summed E-state index contributed by atoms with van der Waals surface area (Å²) in [6.45, 7) is 2.49. The summed E-state index contributed by atoms with van der Waals surface area (Å²) in [6.07, 6.45) is 1.62. The van der Waals surface area contributed by atoms with Crippen molar-refractivity contribution in [2.24, 2.45) is 10.2 Å². The number of aldehydes is 1. The van der Waals surface area contributed by atoms with E-state index in [0.717, 1.165) is 12.7 Å². The van der Waals surface area contributed by atoms with Gasteiger partial charge >= 0.3 is 0 Å². The van der Waals surface area contributed by atoms with Gasteiger partial charge in [-0.15, -0.1) is 0 Å². The Bertz CT molecular complexity index is 132. The highest BCUT2D eigenvalue weighted by molar-refractivity contribution is 5.63. The molecule has 0 aliphatic carbocycles. The van der Waals surface area contributed by atoms with Crippen LogP contribution in [0.25, 0.3) is 0 Å². The maximum Gasteiger partial charge on any atom is 0.149 e. The molecule has 0 spiro atoms. The van der Waals surface area contributed by atoms with E-state index in [1.54, 1.807) is 6.92 Å². The molecule has 0 aromatic heterocycles. The van der Waals surface area contributed by atoms with E-state index in [1.807, 2.05) is 0 Å². The summed E-state index contributed by atoms with van der Waals surface area (Å²) in [5, 5.41) is 7.44. The lowest BCUT2D eigenvalue weighted by molar-refractivity contribution is -0.111. The highest BCUT2D eigenvalue weighted by Gasteiger charge is 2.25. The molecule has 1 atom stereocenters. The van der Waals surface area contributed by atoms with Gasteiger partial charge in [-0.25, -0.2) is 0 Å². The first kappa shape index (κ1) is 5.41. The van der Waals surface area contributed by atoms with Gasteiger partial charge in [-0.3, -0.25) is 0 Å². The summed E-state index contributed by atoms with van der Waals surface area (Å²) < 4.78 is 0. The summed E-state index contributed by atoms with van der Waals surface area (Å²) in [6, 6.07) is 0. The lowest BCUT2D eigenvalue weighted by Gasteiger charge is -2.05. The van der Waals surface area contributed by atoms with Crippen molar-refractivity contribution in [1.82, 2.24) is 0 Å². The van der Waals surface area contributed by atoms with Crippen LogP contribution in [-0.2, 0) is 4.79 Å². The predicted octanol–water partition coefficient (Wildman–Crippen LogP) is 0.800. The van der Waals surface area contributed by atoms with E-state index in [1.165, 1.54) is 0 Å². The molecule has 1 aliphatic rings. The van der Waals surface area contributed by atoms with Crippen molar-refractivity contribution < 1.29 is 4.79 Å². The van der Waals surface area contributed by atoms with Crippen molar-refractivity contribution in [2.75, 3.05) is 6.54 Å². The summed E-state index contributed by atoms with van der Waals surface area (Å²) >= 11 is 0. The number of rotatable bonds is 1. The molecule has 0 aromatic rings. The summed E-state index contributed by atoms with van der Waals surface area (Å²) in [7, 11) is 0. The summed E-state index contributed by atoms with van der Waals surface area (Å²) in [5.41, 5.74) is -0.486. The minimum Gasteiger partial charge on any atom is -0.301 e. The summed E-state index contributed by atoms with van der Waals surface area (Å²) in [4.78, 5) is 10.2. The van der Waals surface area contributed by atoms with Crippen LogP contribution in [0.4, 0.5) is 0 Å². The van der Waals surface area contributed by atoms with Gasteiger partial charge in [0.15, 0.2) is 0 Å². The lowest BCUT2D eigenvalue weighted by atomic mass is 10.0. The van der Waals surface area contributed by atoms with E-state index in [0.29, 0.717) is 6.54 Å².